The van der Waals surface area contributed by atoms with Crippen LogP contribution >= 0.6 is 0 Å². The summed E-state index contributed by atoms with van der Waals surface area (Å²) in [5, 5.41) is 2.95. The van der Waals surface area contributed by atoms with Crippen molar-refractivity contribution in [3.05, 3.63) is 34.9 Å². The van der Waals surface area contributed by atoms with E-state index in [1.807, 2.05) is 39.0 Å². The lowest BCUT2D eigenvalue weighted by Gasteiger charge is -2.21. The molecule has 0 aromatic heterocycles. The number of hydrogen-bond donors (Lipinski definition) is 1. The van der Waals surface area contributed by atoms with Crippen molar-refractivity contribution >= 4 is 11.7 Å². The molecule has 1 aromatic carbocycles. The van der Waals surface area contributed by atoms with E-state index in [4.69, 9.17) is 0 Å². The average Bonchev–Trinajstić information content (AvgIpc) is 3.14. The molecule has 1 heterocycles. The Bertz CT molecular complexity index is 574. The van der Waals surface area contributed by atoms with Gasteiger partial charge in [0.25, 0.3) is 0 Å². The second-order valence-electron chi connectivity index (χ2n) is 6.12. The zero-order chi connectivity index (χ0) is 13.8. The van der Waals surface area contributed by atoms with Crippen molar-refractivity contribution < 1.29 is 9.59 Å². The highest BCUT2D eigenvalue weighted by Crippen LogP contribution is 2.45. The Morgan fingerprint density at radius 1 is 1.21 bits per heavy atom. The maximum Gasteiger partial charge on any atom is 0.235 e. The summed E-state index contributed by atoms with van der Waals surface area (Å²) in [4.78, 5) is 25.0. The largest absolute Gasteiger partial charge is 0.343 e. The number of aryl methyl sites for hydroxylation is 2. The minimum Gasteiger partial charge on any atom is -0.343 e. The number of carbonyl (C=O) groups is 2. The van der Waals surface area contributed by atoms with Gasteiger partial charge in [-0.05, 0) is 50.7 Å². The molecule has 1 aromatic rings. The van der Waals surface area contributed by atoms with Gasteiger partial charge in [0.05, 0.1) is 5.54 Å². The molecular weight excluding hydrogens is 238 g/mol. The number of amides is 1. The molecule has 2 aliphatic rings. The molecule has 3 nitrogen and oxygen atoms in total. The number of carbonyl (C=O) groups excluding carboxylic acids is 2. The molecule has 0 spiro atoms. The monoisotopic (exact) mass is 257 g/mol. The van der Waals surface area contributed by atoms with Crippen molar-refractivity contribution in [2.24, 2.45) is 5.92 Å². The first-order chi connectivity index (χ1) is 8.93. The van der Waals surface area contributed by atoms with E-state index < -0.39 is 11.5 Å². The molecule has 19 heavy (non-hydrogen) atoms. The van der Waals surface area contributed by atoms with E-state index in [1.54, 1.807) is 0 Å². The lowest BCUT2D eigenvalue weighted by atomic mass is 9.83. The van der Waals surface area contributed by atoms with Gasteiger partial charge in [0.1, 0.15) is 5.92 Å². The van der Waals surface area contributed by atoms with Crippen LogP contribution in [0, 0.1) is 19.8 Å². The predicted octanol–water partition coefficient (Wildman–Crippen LogP) is 2.25. The Balaban J connectivity index is 2.03. The summed E-state index contributed by atoms with van der Waals surface area (Å²) < 4.78 is 0. The zero-order valence-electron chi connectivity index (χ0n) is 11.6. The van der Waals surface area contributed by atoms with E-state index in [0.717, 1.165) is 29.5 Å². The summed E-state index contributed by atoms with van der Waals surface area (Å²) in [6, 6.07) is 5.96. The fourth-order valence-electron chi connectivity index (χ4n) is 3.13. The van der Waals surface area contributed by atoms with Crippen LogP contribution in [-0.4, -0.2) is 17.2 Å². The number of Topliss-reactive ketones (excluding diaryl/α,β-unsaturated/α-hetero) is 1. The maximum absolute atomic E-state index is 12.7. The topological polar surface area (TPSA) is 46.2 Å². The summed E-state index contributed by atoms with van der Waals surface area (Å²) in [5.74, 6) is -0.369. The summed E-state index contributed by atoms with van der Waals surface area (Å²) in [5.41, 5.74) is 2.32. The van der Waals surface area contributed by atoms with Crippen LogP contribution in [0.15, 0.2) is 18.2 Å². The summed E-state index contributed by atoms with van der Waals surface area (Å²) in [6.07, 6.45) is 2.09. The molecule has 2 fully saturated rings. The van der Waals surface area contributed by atoms with Gasteiger partial charge >= 0.3 is 0 Å². The molecule has 3 heteroatoms. The number of ketones is 1. The molecule has 100 valence electrons. The van der Waals surface area contributed by atoms with E-state index >= 15 is 0 Å². The average molecular weight is 257 g/mol. The molecule has 1 N–H and O–H groups in total. The van der Waals surface area contributed by atoms with Crippen molar-refractivity contribution in [2.45, 2.75) is 45.1 Å². The fraction of sp³-hybridized carbons (Fsp3) is 0.500. The third-order valence-electron chi connectivity index (χ3n) is 4.56. The number of benzene rings is 1. The van der Waals surface area contributed by atoms with Gasteiger partial charge in [0.2, 0.25) is 5.91 Å². The van der Waals surface area contributed by atoms with Crippen LogP contribution in [0.5, 0.6) is 0 Å². The van der Waals surface area contributed by atoms with E-state index in [0.29, 0.717) is 5.92 Å². The van der Waals surface area contributed by atoms with Gasteiger partial charge in [-0.3, -0.25) is 9.59 Å². The smallest absolute Gasteiger partial charge is 0.235 e. The highest BCUT2D eigenvalue weighted by atomic mass is 16.2. The first-order valence-corrected chi connectivity index (χ1v) is 6.87. The third-order valence-corrected chi connectivity index (χ3v) is 4.56. The van der Waals surface area contributed by atoms with Gasteiger partial charge in [-0.2, -0.15) is 0 Å². The van der Waals surface area contributed by atoms with E-state index in [9.17, 15) is 9.59 Å². The summed E-state index contributed by atoms with van der Waals surface area (Å²) in [6.45, 7) is 5.83. The molecular formula is C16H19NO2. The molecule has 3 rings (SSSR count). The SMILES string of the molecule is Cc1ccc(C)c(C2C(=O)NC(C)(C3CC3)C2=O)c1. The highest BCUT2D eigenvalue weighted by Gasteiger charge is 2.57. The van der Waals surface area contributed by atoms with Crippen LogP contribution in [0.1, 0.15) is 42.4 Å². The van der Waals surface area contributed by atoms with Gasteiger partial charge in [-0.25, -0.2) is 0 Å². The van der Waals surface area contributed by atoms with Crippen LogP contribution in [0.3, 0.4) is 0 Å². The van der Waals surface area contributed by atoms with Crippen LogP contribution < -0.4 is 5.32 Å². The molecule has 2 atom stereocenters. The highest BCUT2D eigenvalue weighted by molar-refractivity contribution is 6.17. The van der Waals surface area contributed by atoms with E-state index in [2.05, 4.69) is 5.32 Å². The molecule has 1 aliphatic carbocycles. The Morgan fingerprint density at radius 2 is 1.89 bits per heavy atom. The number of rotatable bonds is 2. The number of nitrogens with one attached hydrogen (secondary N) is 1. The van der Waals surface area contributed by atoms with Gasteiger partial charge in [0, 0.05) is 0 Å². The fourth-order valence-corrected chi connectivity index (χ4v) is 3.13. The normalized spacial score (nSPS) is 30.6. The summed E-state index contributed by atoms with van der Waals surface area (Å²) in [7, 11) is 0. The number of hydrogen-bond acceptors (Lipinski definition) is 2. The lowest BCUT2D eigenvalue weighted by molar-refractivity contribution is -0.125. The van der Waals surface area contributed by atoms with Crippen LogP contribution in [-0.2, 0) is 9.59 Å². The zero-order valence-corrected chi connectivity index (χ0v) is 11.6. The molecule has 0 radical (unpaired) electrons. The molecule has 0 bridgehead atoms. The maximum atomic E-state index is 12.7. The second-order valence-corrected chi connectivity index (χ2v) is 6.12. The van der Waals surface area contributed by atoms with E-state index in [-0.39, 0.29) is 11.7 Å². The molecule has 1 saturated carbocycles. The minimum atomic E-state index is -0.641. The van der Waals surface area contributed by atoms with Gasteiger partial charge in [0.15, 0.2) is 5.78 Å². The van der Waals surface area contributed by atoms with Gasteiger partial charge < -0.3 is 5.32 Å². The van der Waals surface area contributed by atoms with Crippen molar-refractivity contribution in [1.29, 1.82) is 0 Å². The Kier molecular flexibility index (Phi) is 2.56. The second kappa shape index (κ2) is 3.92. The minimum absolute atomic E-state index is 0.0497. The van der Waals surface area contributed by atoms with Crippen molar-refractivity contribution in [3.63, 3.8) is 0 Å². The quantitative estimate of drug-likeness (QED) is 0.826. The van der Waals surface area contributed by atoms with Gasteiger partial charge in [-0.1, -0.05) is 23.8 Å². The molecule has 1 saturated heterocycles. The molecule has 2 unspecified atom stereocenters. The van der Waals surface area contributed by atoms with Crippen molar-refractivity contribution in [2.75, 3.05) is 0 Å². The lowest BCUT2D eigenvalue weighted by Crippen LogP contribution is -2.45. The molecule has 1 aliphatic heterocycles. The summed E-state index contributed by atoms with van der Waals surface area (Å²) >= 11 is 0. The Morgan fingerprint density at radius 3 is 2.53 bits per heavy atom. The third kappa shape index (κ3) is 1.79. The van der Waals surface area contributed by atoms with Crippen LogP contribution in [0.25, 0.3) is 0 Å². The molecule has 1 amide bonds. The van der Waals surface area contributed by atoms with Crippen LogP contribution in [0.2, 0.25) is 0 Å². The first kappa shape index (κ1) is 12.4. The Hall–Kier alpha value is -1.64. The van der Waals surface area contributed by atoms with Gasteiger partial charge in [-0.15, -0.1) is 0 Å². The van der Waals surface area contributed by atoms with E-state index in [1.165, 1.54) is 0 Å². The van der Waals surface area contributed by atoms with Crippen LogP contribution in [0.4, 0.5) is 0 Å². The first-order valence-electron chi connectivity index (χ1n) is 6.87. The van der Waals surface area contributed by atoms with Crippen molar-refractivity contribution in [3.8, 4) is 0 Å². The standard InChI is InChI=1S/C16H19NO2/c1-9-4-5-10(2)12(8-9)13-14(18)16(3,11-6-7-11)17-15(13)19/h4-5,8,11,13H,6-7H2,1-3H3,(H,17,19). The Labute approximate surface area is 113 Å². The van der Waals surface area contributed by atoms with Crippen molar-refractivity contribution in [1.82, 2.24) is 5.32 Å². The predicted molar refractivity (Wildman–Crippen MR) is 72.9 cm³/mol.